The number of carbonyl (C=O) groups excluding carboxylic acids is 2. The molecule has 0 saturated heterocycles. The molecule has 0 bridgehead atoms. The summed E-state index contributed by atoms with van der Waals surface area (Å²) in [5.41, 5.74) is 1.99. The fourth-order valence-corrected chi connectivity index (χ4v) is 4.15. The van der Waals surface area contributed by atoms with Gasteiger partial charge in [-0.1, -0.05) is 41.4 Å². The van der Waals surface area contributed by atoms with Crippen LogP contribution >= 0.6 is 31.9 Å². The van der Waals surface area contributed by atoms with Crippen LogP contribution in [0.1, 0.15) is 35.7 Å². The molecule has 1 aliphatic heterocycles. The van der Waals surface area contributed by atoms with E-state index in [-0.39, 0.29) is 0 Å². The smallest absolute Gasteiger partial charge is 0.299 e. The second kappa shape index (κ2) is 7.70. The number of ketones is 1. The van der Waals surface area contributed by atoms with Crippen LogP contribution in [0.5, 0.6) is 5.75 Å². The van der Waals surface area contributed by atoms with Gasteiger partial charge in [0.2, 0.25) is 0 Å². The molecule has 0 atom stereocenters. The standard InChI is InChI=1S/C19H17Br2NO3/c1-2-3-8-25-14-6-4-12(5-7-14)11-22-17-15(18(23)19(22)24)9-13(20)10-16(17)21/h4-7,9-10H,2-3,8,11H2,1H3. The first kappa shape index (κ1) is 18.1. The summed E-state index contributed by atoms with van der Waals surface area (Å²) in [4.78, 5) is 26.2. The molecule has 1 heterocycles. The highest BCUT2D eigenvalue weighted by molar-refractivity contribution is 9.11. The number of rotatable bonds is 6. The van der Waals surface area contributed by atoms with Gasteiger partial charge in [0.25, 0.3) is 11.7 Å². The topological polar surface area (TPSA) is 46.6 Å². The number of carbonyl (C=O) groups is 2. The first-order valence-corrected chi connectivity index (χ1v) is 9.67. The molecule has 1 amide bonds. The van der Waals surface area contributed by atoms with Gasteiger partial charge in [-0.15, -0.1) is 0 Å². The summed E-state index contributed by atoms with van der Waals surface area (Å²) in [6.45, 7) is 3.16. The molecule has 2 aromatic carbocycles. The SMILES string of the molecule is CCCCOc1ccc(CN2C(=O)C(=O)c3cc(Br)cc(Br)c32)cc1. The number of hydrogen-bond donors (Lipinski definition) is 0. The van der Waals surface area contributed by atoms with Gasteiger partial charge in [-0.3, -0.25) is 14.5 Å². The van der Waals surface area contributed by atoms with Crippen LogP contribution in [-0.2, 0) is 11.3 Å². The molecule has 0 fully saturated rings. The van der Waals surface area contributed by atoms with Crippen molar-refractivity contribution in [3.63, 3.8) is 0 Å². The van der Waals surface area contributed by atoms with Crippen molar-refractivity contribution in [1.29, 1.82) is 0 Å². The lowest BCUT2D eigenvalue weighted by atomic mass is 10.1. The largest absolute Gasteiger partial charge is 0.494 e. The van der Waals surface area contributed by atoms with Gasteiger partial charge >= 0.3 is 0 Å². The number of ether oxygens (including phenoxy) is 1. The number of benzene rings is 2. The van der Waals surface area contributed by atoms with Crippen LogP contribution in [0.4, 0.5) is 5.69 Å². The van der Waals surface area contributed by atoms with Gasteiger partial charge in [-0.2, -0.15) is 0 Å². The maximum Gasteiger partial charge on any atom is 0.299 e. The lowest BCUT2D eigenvalue weighted by Gasteiger charge is -2.18. The van der Waals surface area contributed by atoms with E-state index in [2.05, 4.69) is 38.8 Å². The quantitative estimate of drug-likeness (QED) is 0.438. The Morgan fingerprint density at radius 3 is 2.48 bits per heavy atom. The summed E-state index contributed by atoms with van der Waals surface area (Å²) in [6, 6.07) is 11.1. The normalized spacial score (nSPS) is 13.3. The van der Waals surface area contributed by atoms with Crippen LogP contribution < -0.4 is 9.64 Å². The van der Waals surface area contributed by atoms with E-state index in [1.165, 1.54) is 4.90 Å². The second-order valence-corrected chi connectivity index (χ2v) is 7.62. The predicted molar refractivity (Wildman–Crippen MR) is 104 cm³/mol. The zero-order chi connectivity index (χ0) is 18.0. The van der Waals surface area contributed by atoms with Crippen molar-refractivity contribution in [2.45, 2.75) is 26.3 Å². The van der Waals surface area contributed by atoms with Crippen molar-refractivity contribution in [3.05, 3.63) is 56.5 Å². The Kier molecular flexibility index (Phi) is 5.59. The van der Waals surface area contributed by atoms with Crippen molar-refractivity contribution in [3.8, 4) is 5.75 Å². The van der Waals surface area contributed by atoms with Crippen LogP contribution in [0.15, 0.2) is 45.3 Å². The zero-order valence-electron chi connectivity index (χ0n) is 13.7. The van der Waals surface area contributed by atoms with Crippen LogP contribution in [0.2, 0.25) is 0 Å². The number of Topliss-reactive ketones (excluding diaryl/α,β-unsaturated/α-hetero) is 1. The van der Waals surface area contributed by atoms with Gasteiger partial charge in [-0.25, -0.2) is 0 Å². The molecular weight excluding hydrogens is 450 g/mol. The van der Waals surface area contributed by atoms with Crippen LogP contribution in [0.3, 0.4) is 0 Å². The highest BCUT2D eigenvalue weighted by Crippen LogP contribution is 2.39. The molecule has 25 heavy (non-hydrogen) atoms. The summed E-state index contributed by atoms with van der Waals surface area (Å²) >= 11 is 6.82. The third-order valence-corrected chi connectivity index (χ3v) is 5.08. The maximum atomic E-state index is 12.4. The number of nitrogens with zero attached hydrogens (tertiary/aromatic N) is 1. The molecule has 0 saturated carbocycles. The van der Waals surface area contributed by atoms with E-state index in [1.54, 1.807) is 6.07 Å². The van der Waals surface area contributed by atoms with Gasteiger partial charge in [0, 0.05) is 8.95 Å². The Labute approximate surface area is 163 Å². The molecule has 0 radical (unpaired) electrons. The van der Waals surface area contributed by atoms with Gasteiger partial charge in [0.15, 0.2) is 0 Å². The Hall–Kier alpha value is -1.66. The molecule has 0 unspecified atom stereocenters. The number of fused-ring (bicyclic) bond motifs is 1. The van der Waals surface area contributed by atoms with Crippen LogP contribution in [-0.4, -0.2) is 18.3 Å². The molecule has 1 aliphatic rings. The first-order chi connectivity index (χ1) is 12.0. The predicted octanol–water partition coefficient (Wildman–Crippen LogP) is 5.12. The highest BCUT2D eigenvalue weighted by Gasteiger charge is 2.37. The number of unbranched alkanes of at least 4 members (excludes halogenated alkanes) is 1. The number of halogens is 2. The molecule has 0 aromatic heterocycles. The molecular formula is C19H17Br2NO3. The lowest BCUT2D eigenvalue weighted by Crippen LogP contribution is -2.29. The van der Waals surface area contributed by atoms with Crippen LogP contribution in [0.25, 0.3) is 0 Å². The maximum absolute atomic E-state index is 12.4. The molecule has 6 heteroatoms. The second-order valence-electron chi connectivity index (χ2n) is 5.85. The van der Waals surface area contributed by atoms with Crippen molar-refractivity contribution < 1.29 is 14.3 Å². The van der Waals surface area contributed by atoms with Gasteiger partial charge in [-0.05, 0) is 52.2 Å². The number of amides is 1. The summed E-state index contributed by atoms with van der Waals surface area (Å²) in [5.74, 6) is -0.167. The van der Waals surface area contributed by atoms with E-state index in [4.69, 9.17) is 4.74 Å². The minimum atomic E-state index is -0.503. The molecule has 0 spiro atoms. The molecule has 0 aliphatic carbocycles. The Morgan fingerprint density at radius 2 is 1.80 bits per heavy atom. The fourth-order valence-electron chi connectivity index (χ4n) is 2.71. The minimum Gasteiger partial charge on any atom is -0.494 e. The highest BCUT2D eigenvalue weighted by atomic mass is 79.9. The van der Waals surface area contributed by atoms with E-state index >= 15 is 0 Å². The Bertz CT molecular complexity index is 818. The van der Waals surface area contributed by atoms with Crippen molar-refractivity contribution in [1.82, 2.24) is 0 Å². The summed E-state index contributed by atoms with van der Waals surface area (Å²) in [7, 11) is 0. The first-order valence-electron chi connectivity index (χ1n) is 8.08. The summed E-state index contributed by atoms with van der Waals surface area (Å²) in [6.07, 6.45) is 2.11. The lowest BCUT2D eigenvalue weighted by molar-refractivity contribution is -0.114. The molecule has 2 aromatic rings. The fraction of sp³-hybridized carbons (Fsp3) is 0.263. The van der Waals surface area contributed by atoms with E-state index in [0.717, 1.165) is 33.1 Å². The van der Waals surface area contributed by atoms with E-state index in [9.17, 15) is 9.59 Å². The molecule has 4 nitrogen and oxygen atoms in total. The third kappa shape index (κ3) is 3.80. The molecule has 0 N–H and O–H groups in total. The third-order valence-electron chi connectivity index (χ3n) is 4.01. The molecule has 3 rings (SSSR count). The van der Waals surface area contributed by atoms with Crippen LogP contribution in [0, 0.1) is 0 Å². The van der Waals surface area contributed by atoms with Crippen molar-refractivity contribution in [2.75, 3.05) is 11.5 Å². The van der Waals surface area contributed by atoms with E-state index in [1.807, 2.05) is 30.3 Å². The van der Waals surface area contributed by atoms with Gasteiger partial charge < -0.3 is 4.74 Å². The van der Waals surface area contributed by atoms with Crippen molar-refractivity contribution in [2.24, 2.45) is 0 Å². The van der Waals surface area contributed by atoms with Gasteiger partial charge in [0.1, 0.15) is 5.75 Å². The average Bonchev–Trinajstić information content (AvgIpc) is 2.82. The Morgan fingerprint density at radius 1 is 1.08 bits per heavy atom. The average molecular weight is 467 g/mol. The van der Waals surface area contributed by atoms with Crippen molar-refractivity contribution >= 4 is 49.2 Å². The van der Waals surface area contributed by atoms with E-state index in [0.29, 0.717) is 24.4 Å². The Balaban J connectivity index is 1.80. The summed E-state index contributed by atoms with van der Waals surface area (Å²) in [5, 5.41) is 0. The van der Waals surface area contributed by atoms with E-state index < -0.39 is 11.7 Å². The zero-order valence-corrected chi connectivity index (χ0v) is 16.9. The monoisotopic (exact) mass is 465 g/mol. The number of hydrogen-bond acceptors (Lipinski definition) is 3. The minimum absolute atomic E-state index is 0.340. The van der Waals surface area contributed by atoms with Gasteiger partial charge in [0.05, 0.1) is 24.4 Å². The molecule has 130 valence electrons. The number of anilines is 1. The summed E-state index contributed by atoms with van der Waals surface area (Å²) < 4.78 is 7.13.